The van der Waals surface area contributed by atoms with Gasteiger partial charge in [-0.1, -0.05) is 6.07 Å². The second-order valence-corrected chi connectivity index (χ2v) is 7.43. The number of aromatic hydroxyl groups is 1. The van der Waals surface area contributed by atoms with E-state index in [1.807, 2.05) is 29.8 Å². The summed E-state index contributed by atoms with van der Waals surface area (Å²) in [7, 11) is 0. The lowest BCUT2D eigenvalue weighted by molar-refractivity contribution is 0.475. The lowest BCUT2D eigenvalue weighted by Gasteiger charge is -2.05. The molecule has 0 amide bonds. The summed E-state index contributed by atoms with van der Waals surface area (Å²) in [5, 5.41) is 18.4. The molecule has 0 aliphatic rings. The van der Waals surface area contributed by atoms with Crippen LogP contribution in [0.1, 0.15) is 26.3 Å². The molecule has 0 saturated carbocycles. The van der Waals surface area contributed by atoms with Gasteiger partial charge in [0.25, 0.3) is 0 Å². The van der Waals surface area contributed by atoms with Gasteiger partial charge in [0, 0.05) is 11.4 Å². The van der Waals surface area contributed by atoms with Crippen molar-refractivity contribution in [1.29, 1.82) is 0 Å². The number of aromatic nitrogens is 1. The molecule has 2 heterocycles. The van der Waals surface area contributed by atoms with E-state index in [2.05, 4.69) is 35.7 Å². The first-order valence-electron chi connectivity index (χ1n) is 7.68. The van der Waals surface area contributed by atoms with E-state index in [1.165, 1.54) is 4.88 Å². The Morgan fingerprint density at radius 3 is 2.50 bits per heavy atom. The van der Waals surface area contributed by atoms with Crippen LogP contribution >= 0.6 is 22.7 Å². The Hall–Kier alpha value is -2.18. The van der Waals surface area contributed by atoms with Gasteiger partial charge in [0.15, 0.2) is 0 Å². The quantitative estimate of drug-likeness (QED) is 0.684. The Balaban J connectivity index is 2.12. The van der Waals surface area contributed by atoms with Crippen LogP contribution in [-0.2, 0) is 0 Å². The fraction of sp³-hybridized carbons (Fsp3) is 0.222. The van der Waals surface area contributed by atoms with Gasteiger partial charge >= 0.3 is 0 Å². The first-order valence-corrected chi connectivity index (χ1v) is 9.44. The normalized spacial score (nSPS) is 13.0. The van der Waals surface area contributed by atoms with Gasteiger partial charge in [-0.15, -0.1) is 22.7 Å². The lowest BCUT2D eigenvalue weighted by atomic mass is 10.1. The minimum atomic E-state index is 0.204. The number of thiophene rings is 1. The molecular formula is C18H19N3OS2. The van der Waals surface area contributed by atoms with Crippen molar-refractivity contribution in [2.75, 3.05) is 0 Å². The summed E-state index contributed by atoms with van der Waals surface area (Å²) in [6.45, 7) is 6.09. The van der Waals surface area contributed by atoms with E-state index >= 15 is 0 Å². The van der Waals surface area contributed by atoms with E-state index in [0.717, 1.165) is 21.8 Å². The minimum absolute atomic E-state index is 0.204. The smallest absolute Gasteiger partial charge is 0.206 e. The SMILES string of the molecule is CC(=Nn1c(-c2cccs2)csc1=NC(C)C)c1ccc(O)cc1. The van der Waals surface area contributed by atoms with Crippen LogP contribution in [0.5, 0.6) is 5.75 Å². The van der Waals surface area contributed by atoms with Crippen LogP contribution in [0.4, 0.5) is 0 Å². The molecule has 0 bridgehead atoms. The number of hydrogen-bond donors (Lipinski definition) is 1. The van der Waals surface area contributed by atoms with Crippen LogP contribution in [0.15, 0.2) is 57.3 Å². The predicted octanol–water partition coefficient (Wildman–Crippen LogP) is 4.57. The summed E-state index contributed by atoms with van der Waals surface area (Å²) in [6.07, 6.45) is 0. The van der Waals surface area contributed by atoms with Crippen LogP contribution in [0, 0.1) is 0 Å². The zero-order valence-corrected chi connectivity index (χ0v) is 15.4. The molecule has 0 aliphatic heterocycles. The molecule has 6 heteroatoms. The van der Waals surface area contributed by atoms with E-state index in [4.69, 9.17) is 5.10 Å². The second-order valence-electron chi connectivity index (χ2n) is 5.65. The van der Waals surface area contributed by atoms with E-state index < -0.39 is 0 Å². The largest absolute Gasteiger partial charge is 0.508 e. The molecule has 3 rings (SSSR count). The zero-order chi connectivity index (χ0) is 17.1. The van der Waals surface area contributed by atoms with Crippen LogP contribution in [0.25, 0.3) is 10.6 Å². The average molecular weight is 358 g/mol. The van der Waals surface area contributed by atoms with Crippen molar-refractivity contribution in [3.8, 4) is 16.3 Å². The van der Waals surface area contributed by atoms with Crippen molar-refractivity contribution >= 4 is 28.4 Å². The van der Waals surface area contributed by atoms with Gasteiger partial charge in [-0.2, -0.15) is 5.10 Å². The third-order valence-corrected chi connectivity index (χ3v) is 5.09. The molecule has 24 heavy (non-hydrogen) atoms. The standard InChI is InChI=1S/C18H19N3OS2/c1-12(2)19-18-21(16(11-24-18)17-5-4-10-23-17)20-13(3)14-6-8-15(22)9-7-14/h4-12,22H,1-3H3. The summed E-state index contributed by atoms with van der Waals surface area (Å²) < 4.78 is 1.92. The van der Waals surface area contributed by atoms with Crippen LogP contribution < -0.4 is 4.80 Å². The van der Waals surface area contributed by atoms with Gasteiger partial charge in [-0.3, -0.25) is 4.99 Å². The van der Waals surface area contributed by atoms with Gasteiger partial charge in [0.2, 0.25) is 4.80 Å². The van der Waals surface area contributed by atoms with E-state index in [0.29, 0.717) is 0 Å². The number of phenols is 1. The molecule has 0 spiro atoms. The minimum Gasteiger partial charge on any atom is -0.508 e. The molecule has 0 atom stereocenters. The highest BCUT2D eigenvalue weighted by Gasteiger charge is 2.10. The summed E-state index contributed by atoms with van der Waals surface area (Å²) in [5.74, 6) is 0.254. The molecule has 0 unspecified atom stereocenters. The third kappa shape index (κ3) is 3.66. The van der Waals surface area contributed by atoms with E-state index in [9.17, 15) is 5.11 Å². The van der Waals surface area contributed by atoms with Crippen LogP contribution in [-0.4, -0.2) is 21.5 Å². The van der Waals surface area contributed by atoms with Crippen LogP contribution in [0.2, 0.25) is 0 Å². The first kappa shape index (κ1) is 16.7. The highest BCUT2D eigenvalue weighted by Crippen LogP contribution is 2.25. The molecule has 1 N–H and O–H groups in total. The Morgan fingerprint density at radius 1 is 1.12 bits per heavy atom. The molecule has 3 aromatic rings. The fourth-order valence-corrected chi connectivity index (χ4v) is 3.97. The van der Waals surface area contributed by atoms with Crippen molar-refractivity contribution in [3.05, 3.63) is 57.5 Å². The van der Waals surface area contributed by atoms with Gasteiger partial charge in [-0.25, -0.2) is 4.68 Å². The van der Waals surface area contributed by atoms with Crippen LogP contribution in [0.3, 0.4) is 0 Å². The molecule has 0 radical (unpaired) electrons. The number of thiazole rings is 1. The summed E-state index contributed by atoms with van der Waals surface area (Å²) in [5.41, 5.74) is 2.89. The molecule has 124 valence electrons. The Bertz CT molecular complexity index is 901. The molecule has 0 saturated heterocycles. The summed E-state index contributed by atoms with van der Waals surface area (Å²) in [4.78, 5) is 6.74. The maximum Gasteiger partial charge on any atom is 0.206 e. The molecule has 4 nitrogen and oxygen atoms in total. The van der Waals surface area contributed by atoms with Gasteiger partial charge in [-0.05, 0) is 62.0 Å². The molecular weight excluding hydrogens is 338 g/mol. The van der Waals surface area contributed by atoms with Crippen molar-refractivity contribution in [1.82, 2.24) is 4.68 Å². The van der Waals surface area contributed by atoms with E-state index in [1.54, 1.807) is 34.8 Å². The first-order chi connectivity index (χ1) is 11.5. The fourth-order valence-electron chi connectivity index (χ4n) is 2.21. The summed E-state index contributed by atoms with van der Waals surface area (Å²) >= 11 is 3.29. The van der Waals surface area contributed by atoms with Crippen molar-refractivity contribution in [2.24, 2.45) is 10.1 Å². The Labute approximate surface area is 149 Å². The molecule has 1 aromatic carbocycles. The second kappa shape index (κ2) is 7.15. The van der Waals surface area contributed by atoms with Crippen molar-refractivity contribution < 1.29 is 5.11 Å². The number of nitrogens with zero attached hydrogens (tertiary/aromatic N) is 3. The number of benzene rings is 1. The number of rotatable bonds is 4. The summed E-state index contributed by atoms with van der Waals surface area (Å²) in [6, 6.07) is 11.4. The Morgan fingerprint density at radius 2 is 1.88 bits per heavy atom. The topological polar surface area (TPSA) is 49.9 Å². The van der Waals surface area contributed by atoms with Crippen molar-refractivity contribution in [3.63, 3.8) is 0 Å². The lowest BCUT2D eigenvalue weighted by Crippen LogP contribution is -2.16. The Kier molecular flexibility index (Phi) is 4.97. The molecule has 0 aliphatic carbocycles. The van der Waals surface area contributed by atoms with Gasteiger partial charge in [0.05, 0.1) is 16.3 Å². The monoisotopic (exact) mass is 357 g/mol. The predicted molar refractivity (Wildman–Crippen MR) is 102 cm³/mol. The maximum absolute atomic E-state index is 9.45. The number of phenolic OH excluding ortho intramolecular Hbond substituents is 1. The zero-order valence-electron chi connectivity index (χ0n) is 13.8. The highest BCUT2D eigenvalue weighted by molar-refractivity contribution is 7.14. The van der Waals surface area contributed by atoms with Gasteiger partial charge < -0.3 is 5.11 Å². The average Bonchev–Trinajstić information content (AvgIpc) is 3.18. The number of hydrogen-bond acceptors (Lipinski definition) is 5. The van der Waals surface area contributed by atoms with Crippen molar-refractivity contribution in [2.45, 2.75) is 26.8 Å². The third-order valence-electron chi connectivity index (χ3n) is 3.36. The van der Waals surface area contributed by atoms with Gasteiger partial charge in [0.1, 0.15) is 5.75 Å². The maximum atomic E-state index is 9.45. The molecule has 0 fully saturated rings. The highest BCUT2D eigenvalue weighted by atomic mass is 32.1. The molecule has 2 aromatic heterocycles. The van der Waals surface area contributed by atoms with E-state index in [-0.39, 0.29) is 11.8 Å².